The average molecular weight is 454 g/mol. The maximum absolute atomic E-state index is 13.1. The molecule has 0 spiro atoms. The first-order chi connectivity index (χ1) is 15.9. The molecule has 10 heteroatoms. The van der Waals surface area contributed by atoms with Crippen LogP contribution in [0.5, 0.6) is 5.75 Å². The second kappa shape index (κ2) is 8.27. The van der Waals surface area contributed by atoms with E-state index >= 15 is 0 Å². The normalized spacial score (nSPS) is 14.7. The highest BCUT2D eigenvalue weighted by Crippen LogP contribution is 2.34. The van der Waals surface area contributed by atoms with E-state index in [9.17, 15) is 13.2 Å². The van der Waals surface area contributed by atoms with Crippen molar-refractivity contribution in [3.63, 3.8) is 0 Å². The molecule has 5 rings (SSSR count). The van der Waals surface area contributed by atoms with Crippen LogP contribution < -0.4 is 14.5 Å². The van der Waals surface area contributed by atoms with Gasteiger partial charge in [0.1, 0.15) is 17.9 Å². The maximum Gasteiger partial charge on any atom is 0.416 e. The molecule has 170 valence electrons. The van der Waals surface area contributed by atoms with E-state index in [2.05, 4.69) is 20.0 Å². The van der Waals surface area contributed by atoms with Crippen LogP contribution in [0.2, 0.25) is 0 Å². The molecule has 2 aromatic heterocycles. The van der Waals surface area contributed by atoms with Crippen LogP contribution in [0.4, 0.5) is 24.7 Å². The largest absolute Gasteiger partial charge is 0.497 e. The monoisotopic (exact) mass is 454 g/mol. The van der Waals surface area contributed by atoms with Gasteiger partial charge in [0.2, 0.25) is 0 Å². The molecule has 0 aliphatic carbocycles. The molecule has 4 aromatic rings. The number of halogens is 3. The summed E-state index contributed by atoms with van der Waals surface area (Å²) in [5.41, 5.74) is 1.78. The Morgan fingerprint density at radius 1 is 0.909 bits per heavy atom. The Morgan fingerprint density at radius 2 is 1.64 bits per heavy atom. The molecule has 0 saturated carbocycles. The summed E-state index contributed by atoms with van der Waals surface area (Å²) in [4.78, 5) is 12.8. The number of ether oxygens (including phenoxy) is 1. The van der Waals surface area contributed by atoms with Crippen molar-refractivity contribution < 1.29 is 17.9 Å². The summed E-state index contributed by atoms with van der Waals surface area (Å²) < 4.78 is 46.4. The van der Waals surface area contributed by atoms with Crippen LogP contribution in [0.3, 0.4) is 0 Å². The van der Waals surface area contributed by atoms with Crippen LogP contribution in [0.15, 0.2) is 61.1 Å². The van der Waals surface area contributed by atoms with Crippen molar-refractivity contribution in [2.75, 3.05) is 43.1 Å². The highest BCUT2D eigenvalue weighted by Gasteiger charge is 2.31. The molecule has 2 aromatic carbocycles. The van der Waals surface area contributed by atoms with E-state index in [0.29, 0.717) is 37.6 Å². The lowest BCUT2D eigenvalue weighted by molar-refractivity contribution is -0.137. The van der Waals surface area contributed by atoms with E-state index in [1.54, 1.807) is 23.9 Å². The predicted octanol–water partition coefficient (Wildman–Crippen LogP) is 4.15. The van der Waals surface area contributed by atoms with Crippen LogP contribution in [0, 0.1) is 0 Å². The van der Waals surface area contributed by atoms with Gasteiger partial charge in [-0.2, -0.15) is 27.8 Å². The van der Waals surface area contributed by atoms with Crippen molar-refractivity contribution in [2.45, 2.75) is 6.18 Å². The average Bonchev–Trinajstić information content (AvgIpc) is 3.32. The van der Waals surface area contributed by atoms with Crippen LogP contribution in [-0.2, 0) is 6.18 Å². The summed E-state index contributed by atoms with van der Waals surface area (Å²) >= 11 is 0. The van der Waals surface area contributed by atoms with Crippen molar-refractivity contribution in [3.05, 3.63) is 66.6 Å². The van der Waals surface area contributed by atoms with E-state index in [4.69, 9.17) is 4.74 Å². The number of fused-ring (bicyclic) bond motifs is 1. The van der Waals surface area contributed by atoms with E-state index in [1.165, 1.54) is 18.5 Å². The van der Waals surface area contributed by atoms with E-state index in [1.807, 2.05) is 29.2 Å². The smallest absolute Gasteiger partial charge is 0.416 e. The van der Waals surface area contributed by atoms with Crippen molar-refractivity contribution >= 4 is 17.3 Å². The van der Waals surface area contributed by atoms with Crippen molar-refractivity contribution in [1.29, 1.82) is 0 Å². The molecule has 1 aliphatic heterocycles. The number of rotatable bonds is 4. The summed E-state index contributed by atoms with van der Waals surface area (Å²) in [5.74, 6) is 2.10. The number of piperazine rings is 1. The zero-order valence-corrected chi connectivity index (χ0v) is 17.8. The molecular weight excluding hydrogens is 433 g/mol. The lowest BCUT2D eigenvalue weighted by atomic mass is 10.1. The number of hydrogen-bond acceptors (Lipinski definition) is 6. The number of aromatic nitrogens is 4. The Balaban J connectivity index is 1.44. The topological polar surface area (TPSA) is 58.8 Å². The van der Waals surface area contributed by atoms with Gasteiger partial charge in [-0.05, 0) is 35.9 Å². The molecule has 0 bridgehead atoms. The zero-order chi connectivity index (χ0) is 23.0. The Morgan fingerprint density at radius 3 is 2.33 bits per heavy atom. The van der Waals surface area contributed by atoms with Gasteiger partial charge in [0.25, 0.3) is 5.78 Å². The van der Waals surface area contributed by atoms with Crippen LogP contribution in [0.25, 0.3) is 16.9 Å². The Labute approximate surface area is 188 Å². The minimum Gasteiger partial charge on any atom is -0.497 e. The van der Waals surface area contributed by atoms with Gasteiger partial charge < -0.3 is 14.5 Å². The first kappa shape index (κ1) is 21.0. The SMILES string of the molecule is COc1ccc(-c2cnc3ncnn3c2N2CCN(c3cccc(C(F)(F)F)c3)CC2)cc1. The molecule has 0 radical (unpaired) electrons. The number of hydrogen-bond donors (Lipinski definition) is 0. The van der Waals surface area contributed by atoms with Crippen LogP contribution in [0.1, 0.15) is 5.56 Å². The van der Waals surface area contributed by atoms with E-state index in [0.717, 1.165) is 28.8 Å². The number of alkyl halides is 3. The van der Waals surface area contributed by atoms with Gasteiger partial charge in [-0.25, -0.2) is 4.98 Å². The molecule has 0 N–H and O–H groups in total. The van der Waals surface area contributed by atoms with Crippen molar-refractivity contribution in [2.24, 2.45) is 0 Å². The molecule has 3 heterocycles. The van der Waals surface area contributed by atoms with E-state index in [-0.39, 0.29) is 0 Å². The zero-order valence-electron chi connectivity index (χ0n) is 17.8. The lowest BCUT2D eigenvalue weighted by Gasteiger charge is -2.38. The molecule has 0 unspecified atom stereocenters. The minimum absolute atomic E-state index is 0.488. The summed E-state index contributed by atoms with van der Waals surface area (Å²) in [5, 5.41) is 4.37. The number of anilines is 2. The molecule has 0 amide bonds. The predicted molar refractivity (Wildman–Crippen MR) is 119 cm³/mol. The Bertz CT molecular complexity index is 1260. The molecule has 7 nitrogen and oxygen atoms in total. The summed E-state index contributed by atoms with van der Waals surface area (Å²) in [6.45, 7) is 2.36. The molecule has 1 saturated heterocycles. The van der Waals surface area contributed by atoms with Gasteiger partial charge in [0, 0.05) is 43.6 Å². The van der Waals surface area contributed by atoms with E-state index < -0.39 is 11.7 Å². The fourth-order valence-electron chi connectivity index (χ4n) is 4.10. The number of nitrogens with zero attached hydrogens (tertiary/aromatic N) is 6. The highest BCUT2D eigenvalue weighted by molar-refractivity contribution is 5.77. The minimum atomic E-state index is -4.36. The van der Waals surface area contributed by atoms with Crippen LogP contribution in [-0.4, -0.2) is 52.9 Å². The third-order valence-corrected chi connectivity index (χ3v) is 5.80. The Hall–Kier alpha value is -3.82. The maximum atomic E-state index is 13.1. The quantitative estimate of drug-likeness (QED) is 0.462. The molecule has 0 atom stereocenters. The molecular formula is C23H21F3N6O. The van der Waals surface area contributed by atoms with Gasteiger partial charge >= 0.3 is 6.18 Å². The summed E-state index contributed by atoms with van der Waals surface area (Å²) in [7, 11) is 1.62. The third kappa shape index (κ3) is 4.04. The lowest BCUT2D eigenvalue weighted by Crippen LogP contribution is -2.47. The van der Waals surface area contributed by atoms with Crippen LogP contribution >= 0.6 is 0 Å². The first-order valence-electron chi connectivity index (χ1n) is 10.4. The highest BCUT2D eigenvalue weighted by atomic mass is 19.4. The van der Waals surface area contributed by atoms with Gasteiger partial charge in [-0.3, -0.25) is 0 Å². The van der Waals surface area contributed by atoms with Gasteiger partial charge in [0.15, 0.2) is 0 Å². The summed E-state index contributed by atoms with van der Waals surface area (Å²) in [6, 6.07) is 13.2. The summed E-state index contributed by atoms with van der Waals surface area (Å²) in [6.07, 6.45) is -1.12. The van der Waals surface area contributed by atoms with Crippen molar-refractivity contribution in [3.8, 4) is 16.9 Å². The fraction of sp³-hybridized carbons (Fsp3) is 0.261. The van der Waals surface area contributed by atoms with Gasteiger partial charge in [0.05, 0.1) is 12.7 Å². The fourth-order valence-corrected chi connectivity index (χ4v) is 4.10. The van der Waals surface area contributed by atoms with Gasteiger partial charge in [-0.1, -0.05) is 18.2 Å². The molecule has 1 fully saturated rings. The Kier molecular flexibility index (Phi) is 5.27. The second-order valence-electron chi connectivity index (χ2n) is 7.72. The molecule has 33 heavy (non-hydrogen) atoms. The van der Waals surface area contributed by atoms with Crippen molar-refractivity contribution in [1.82, 2.24) is 19.6 Å². The number of benzene rings is 2. The third-order valence-electron chi connectivity index (χ3n) is 5.80. The first-order valence-corrected chi connectivity index (χ1v) is 10.4. The number of methoxy groups -OCH3 is 1. The standard InChI is InChI=1S/C23H21F3N6O/c1-33-19-7-5-16(6-8-19)20-14-27-22-28-15-29-32(22)21(20)31-11-9-30(10-12-31)18-4-2-3-17(13-18)23(24,25)26/h2-8,13-15H,9-12H2,1H3. The van der Waals surface area contributed by atoms with Gasteiger partial charge in [-0.15, -0.1) is 0 Å². The molecule has 1 aliphatic rings. The second-order valence-corrected chi connectivity index (χ2v) is 7.72.